The van der Waals surface area contributed by atoms with Crippen molar-refractivity contribution < 1.29 is 0 Å². The predicted octanol–water partition coefficient (Wildman–Crippen LogP) is 11.6. The first-order valence-corrected chi connectivity index (χ1v) is 16.7. The summed E-state index contributed by atoms with van der Waals surface area (Å²) >= 11 is 0. The summed E-state index contributed by atoms with van der Waals surface area (Å²) in [6.45, 7) is 4.29. The van der Waals surface area contributed by atoms with Crippen molar-refractivity contribution in [3.05, 3.63) is 168 Å². The van der Waals surface area contributed by atoms with E-state index in [2.05, 4.69) is 156 Å². The van der Waals surface area contributed by atoms with E-state index < -0.39 is 0 Å². The van der Waals surface area contributed by atoms with Gasteiger partial charge in [0, 0.05) is 38.4 Å². The van der Waals surface area contributed by atoms with Crippen molar-refractivity contribution in [1.82, 2.24) is 9.13 Å². The maximum Gasteiger partial charge on any atom is 0.0998 e. The minimum atomic E-state index is 0.478. The maximum absolute atomic E-state index is 10.3. The van der Waals surface area contributed by atoms with E-state index in [0.717, 1.165) is 72.0 Å². The Kier molecular flexibility index (Phi) is 6.66. The molecule has 0 aliphatic carbocycles. The Balaban J connectivity index is 1.44. The van der Waals surface area contributed by atoms with Crippen molar-refractivity contribution in [2.24, 2.45) is 0 Å². The molecule has 0 radical (unpaired) electrons. The van der Waals surface area contributed by atoms with Crippen LogP contribution in [-0.2, 0) is 0 Å². The molecule has 0 unspecified atom stereocenters. The third kappa shape index (κ3) is 4.23. The van der Waals surface area contributed by atoms with Gasteiger partial charge in [-0.1, -0.05) is 97.1 Å². The summed E-state index contributed by atoms with van der Waals surface area (Å²) in [4.78, 5) is 0. The van der Waals surface area contributed by atoms with Crippen molar-refractivity contribution in [2.75, 3.05) is 0 Å². The van der Waals surface area contributed by atoms with Crippen molar-refractivity contribution in [3.8, 4) is 45.8 Å². The molecule has 0 saturated heterocycles. The van der Waals surface area contributed by atoms with Gasteiger partial charge in [-0.15, -0.1) is 0 Å². The number of hydrogen-bond acceptors (Lipinski definition) is 2. The fraction of sp³-hybridized carbons (Fsp3) is 0.0435. The standard InChI is InChI=1S/C46H30N4/c1-29-12-10-13-30(2)45(29)50-41-21-9-7-19-37(41)44-35(23-24-38(46(44)50)43-32(27-47)14-11-15-33(43)28-48)31-22-25-42-39(26-31)36-18-6-8-20-40(36)49(42)34-16-4-3-5-17-34/h3-26H,1-2H3. The maximum atomic E-state index is 10.3. The van der Waals surface area contributed by atoms with E-state index in [4.69, 9.17) is 0 Å². The largest absolute Gasteiger partial charge is 0.309 e. The molecule has 0 aliphatic heterocycles. The Labute approximate surface area is 289 Å². The molecule has 4 nitrogen and oxygen atoms in total. The van der Waals surface area contributed by atoms with Crippen LogP contribution in [0.5, 0.6) is 0 Å². The Morgan fingerprint density at radius 3 is 1.76 bits per heavy atom. The van der Waals surface area contributed by atoms with Crippen molar-refractivity contribution in [1.29, 1.82) is 10.5 Å². The Morgan fingerprint density at radius 2 is 1.06 bits per heavy atom. The minimum absolute atomic E-state index is 0.478. The molecule has 9 rings (SSSR count). The highest BCUT2D eigenvalue weighted by Crippen LogP contribution is 2.46. The van der Waals surface area contributed by atoms with Crippen LogP contribution in [0, 0.1) is 36.5 Å². The van der Waals surface area contributed by atoms with Crippen LogP contribution < -0.4 is 0 Å². The molecule has 0 fully saturated rings. The molecule has 0 amide bonds. The number of aromatic nitrogens is 2. The molecule has 50 heavy (non-hydrogen) atoms. The lowest BCUT2D eigenvalue weighted by molar-refractivity contribution is 1.12. The highest BCUT2D eigenvalue weighted by atomic mass is 15.0. The molecular weight excluding hydrogens is 609 g/mol. The van der Waals surface area contributed by atoms with Gasteiger partial charge in [0.25, 0.3) is 0 Å². The lowest BCUT2D eigenvalue weighted by Gasteiger charge is -2.18. The monoisotopic (exact) mass is 638 g/mol. The number of para-hydroxylation sites is 4. The summed E-state index contributed by atoms with van der Waals surface area (Å²) < 4.78 is 4.69. The molecule has 0 spiro atoms. The lowest BCUT2D eigenvalue weighted by Crippen LogP contribution is -2.02. The van der Waals surface area contributed by atoms with Crippen LogP contribution in [0.3, 0.4) is 0 Å². The van der Waals surface area contributed by atoms with Crippen LogP contribution in [0.25, 0.3) is 77.2 Å². The molecule has 9 aromatic rings. The summed E-state index contributed by atoms with van der Waals surface area (Å²) in [7, 11) is 0. The molecule has 2 heterocycles. The van der Waals surface area contributed by atoms with E-state index in [0.29, 0.717) is 16.7 Å². The van der Waals surface area contributed by atoms with Gasteiger partial charge in [-0.05, 0) is 84.6 Å². The summed E-state index contributed by atoms with van der Waals surface area (Å²) in [5, 5.41) is 25.2. The number of nitrogens with zero attached hydrogens (tertiary/aromatic N) is 4. The number of hydrogen-bond donors (Lipinski definition) is 0. The SMILES string of the molecule is Cc1cccc(C)c1-n1c2ccccc2c2c(-c3ccc4c(c3)c3ccccc3n4-c3ccccc3)ccc(-c3c(C#N)cccc3C#N)c21. The summed E-state index contributed by atoms with van der Waals surface area (Å²) in [5.74, 6) is 0. The van der Waals surface area contributed by atoms with Crippen LogP contribution in [0.15, 0.2) is 146 Å². The van der Waals surface area contributed by atoms with Crippen molar-refractivity contribution in [2.45, 2.75) is 13.8 Å². The minimum Gasteiger partial charge on any atom is -0.309 e. The number of aryl methyl sites for hydroxylation is 2. The quantitative estimate of drug-likeness (QED) is 0.193. The summed E-state index contributed by atoms with van der Waals surface area (Å²) in [6, 6.07) is 55.3. The number of rotatable bonds is 4. The van der Waals surface area contributed by atoms with Gasteiger partial charge in [0.05, 0.1) is 51.0 Å². The Bertz CT molecular complexity index is 2860. The van der Waals surface area contributed by atoms with Crippen LogP contribution in [0.4, 0.5) is 0 Å². The van der Waals surface area contributed by atoms with E-state index in [9.17, 15) is 10.5 Å². The third-order valence-corrected chi connectivity index (χ3v) is 10.1. The first-order valence-electron chi connectivity index (χ1n) is 16.7. The number of benzene rings is 7. The molecular formula is C46H30N4. The average Bonchev–Trinajstić information content (AvgIpc) is 3.68. The van der Waals surface area contributed by atoms with E-state index >= 15 is 0 Å². The van der Waals surface area contributed by atoms with Crippen molar-refractivity contribution in [3.63, 3.8) is 0 Å². The van der Waals surface area contributed by atoms with Crippen LogP contribution >= 0.6 is 0 Å². The second-order valence-electron chi connectivity index (χ2n) is 12.8. The van der Waals surface area contributed by atoms with E-state index in [1.807, 2.05) is 6.07 Å². The Morgan fingerprint density at radius 1 is 0.480 bits per heavy atom. The zero-order chi connectivity index (χ0) is 33.9. The van der Waals surface area contributed by atoms with Gasteiger partial charge in [0.15, 0.2) is 0 Å². The summed E-state index contributed by atoms with van der Waals surface area (Å²) in [6.07, 6.45) is 0. The second-order valence-corrected chi connectivity index (χ2v) is 12.8. The van der Waals surface area contributed by atoms with Gasteiger partial charge < -0.3 is 9.13 Å². The topological polar surface area (TPSA) is 57.4 Å². The van der Waals surface area contributed by atoms with Gasteiger partial charge in [0.2, 0.25) is 0 Å². The Hall–Kier alpha value is -6.88. The van der Waals surface area contributed by atoms with Gasteiger partial charge in [-0.3, -0.25) is 0 Å². The van der Waals surface area contributed by atoms with Crippen LogP contribution in [-0.4, -0.2) is 9.13 Å². The second kappa shape index (κ2) is 11.4. The van der Waals surface area contributed by atoms with Crippen LogP contribution in [0.2, 0.25) is 0 Å². The molecule has 0 N–H and O–H groups in total. The molecule has 0 atom stereocenters. The highest BCUT2D eigenvalue weighted by molar-refractivity contribution is 6.21. The molecule has 0 aliphatic rings. The molecule has 2 aromatic heterocycles. The predicted molar refractivity (Wildman–Crippen MR) is 205 cm³/mol. The summed E-state index contributed by atoms with van der Waals surface area (Å²) in [5.41, 5.74) is 13.5. The highest BCUT2D eigenvalue weighted by Gasteiger charge is 2.24. The van der Waals surface area contributed by atoms with Gasteiger partial charge in [-0.25, -0.2) is 0 Å². The van der Waals surface area contributed by atoms with E-state index in [1.165, 1.54) is 10.8 Å². The molecule has 234 valence electrons. The van der Waals surface area contributed by atoms with Gasteiger partial charge in [-0.2, -0.15) is 10.5 Å². The first-order chi connectivity index (χ1) is 24.6. The average molecular weight is 639 g/mol. The first kappa shape index (κ1) is 29.3. The fourth-order valence-corrected chi connectivity index (χ4v) is 7.95. The van der Waals surface area contributed by atoms with Gasteiger partial charge in [0.1, 0.15) is 0 Å². The fourth-order valence-electron chi connectivity index (χ4n) is 7.95. The molecule has 4 heteroatoms. The third-order valence-electron chi connectivity index (χ3n) is 10.1. The zero-order valence-electron chi connectivity index (χ0n) is 27.6. The van der Waals surface area contributed by atoms with Gasteiger partial charge >= 0.3 is 0 Å². The van der Waals surface area contributed by atoms with E-state index in [-0.39, 0.29) is 0 Å². The number of fused-ring (bicyclic) bond motifs is 6. The van der Waals surface area contributed by atoms with Crippen LogP contribution in [0.1, 0.15) is 22.3 Å². The smallest absolute Gasteiger partial charge is 0.0998 e. The number of nitriles is 2. The van der Waals surface area contributed by atoms with E-state index in [1.54, 1.807) is 18.2 Å². The molecule has 7 aromatic carbocycles. The molecule has 0 saturated carbocycles. The zero-order valence-corrected chi connectivity index (χ0v) is 27.6. The lowest BCUT2D eigenvalue weighted by atomic mass is 9.90. The van der Waals surface area contributed by atoms with Crippen molar-refractivity contribution >= 4 is 43.6 Å². The molecule has 0 bridgehead atoms. The normalized spacial score (nSPS) is 11.4.